The molecule has 0 aromatic carbocycles. The zero-order valence-corrected chi connectivity index (χ0v) is 9.55. The third-order valence-corrected chi connectivity index (χ3v) is 3.11. The number of likely N-dealkylation sites (tertiary alicyclic amines) is 1. The minimum absolute atomic E-state index is 0.00808. The summed E-state index contributed by atoms with van der Waals surface area (Å²) in [4.78, 5) is 27.5. The molecule has 0 aliphatic carbocycles. The van der Waals surface area contributed by atoms with Crippen LogP contribution in [0.1, 0.15) is 41.9 Å². The lowest BCUT2D eigenvalue weighted by atomic mass is 9.93. The summed E-state index contributed by atoms with van der Waals surface area (Å²) >= 11 is 0. The number of aromatic carboxylic acids is 1. The highest BCUT2D eigenvalue weighted by molar-refractivity contribution is 5.86. The molecule has 1 aromatic rings. The number of carboxylic acids is 1. The van der Waals surface area contributed by atoms with Gasteiger partial charge in [0.15, 0.2) is 12.1 Å². The summed E-state index contributed by atoms with van der Waals surface area (Å²) in [6.45, 7) is 2.82. The second-order valence-electron chi connectivity index (χ2n) is 4.15. The standard InChI is InChI=1S/C11H14N2O4/c1-7(14)13-4-2-8(3-5-13)10-9(11(15)16)12-6-17-10/h6,8H,2-5H2,1H3,(H,15,16). The van der Waals surface area contributed by atoms with E-state index in [0.29, 0.717) is 18.8 Å². The van der Waals surface area contributed by atoms with Gasteiger partial charge in [-0.15, -0.1) is 0 Å². The van der Waals surface area contributed by atoms with Gasteiger partial charge in [-0.1, -0.05) is 0 Å². The van der Waals surface area contributed by atoms with Gasteiger partial charge < -0.3 is 14.4 Å². The molecule has 1 aromatic heterocycles. The fourth-order valence-electron chi connectivity index (χ4n) is 2.16. The Morgan fingerprint density at radius 3 is 2.65 bits per heavy atom. The molecule has 6 heteroatoms. The lowest BCUT2D eigenvalue weighted by Crippen LogP contribution is -2.36. The zero-order chi connectivity index (χ0) is 12.4. The van der Waals surface area contributed by atoms with Crippen LogP contribution in [0.4, 0.5) is 0 Å². The number of oxazole rings is 1. The molecule has 92 valence electrons. The zero-order valence-electron chi connectivity index (χ0n) is 9.55. The summed E-state index contributed by atoms with van der Waals surface area (Å²) in [5.74, 6) is -0.540. The summed E-state index contributed by atoms with van der Waals surface area (Å²) in [5, 5.41) is 8.94. The van der Waals surface area contributed by atoms with E-state index in [1.165, 1.54) is 6.92 Å². The first-order chi connectivity index (χ1) is 8.09. The van der Waals surface area contributed by atoms with Gasteiger partial charge in [0.1, 0.15) is 5.76 Å². The van der Waals surface area contributed by atoms with Crippen LogP contribution in [0.5, 0.6) is 0 Å². The van der Waals surface area contributed by atoms with E-state index < -0.39 is 5.97 Å². The minimum atomic E-state index is -1.07. The summed E-state index contributed by atoms with van der Waals surface area (Å²) in [7, 11) is 0. The first kappa shape index (κ1) is 11.6. The Hall–Kier alpha value is -1.85. The van der Waals surface area contributed by atoms with Crippen molar-refractivity contribution in [2.75, 3.05) is 13.1 Å². The molecule has 1 saturated heterocycles. The third-order valence-electron chi connectivity index (χ3n) is 3.11. The molecule has 0 spiro atoms. The SMILES string of the molecule is CC(=O)N1CCC(c2ocnc2C(=O)O)CC1. The third kappa shape index (κ3) is 2.30. The summed E-state index contributed by atoms with van der Waals surface area (Å²) in [5.41, 5.74) is -0.00808. The highest BCUT2D eigenvalue weighted by Gasteiger charge is 2.28. The predicted octanol–water partition coefficient (Wildman–Crippen LogP) is 1.10. The number of aromatic nitrogens is 1. The molecular weight excluding hydrogens is 224 g/mol. The monoisotopic (exact) mass is 238 g/mol. The van der Waals surface area contributed by atoms with Gasteiger partial charge in [0.25, 0.3) is 0 Å². The van der Waals surface area contributed by atoms with E-state index >= 15 is 0 Å². The van der Waals surface area contributed by atoms with Crippen LogP contribution in [0.25, 0.3) is 0 Å². The molecule has 1 amide bonds. The van der Waals surface area contributed by atoms with E-state index in [2.05, 4.69) is 4.98 Å². The van der Waals surface area contributed by atoms with Crippen LogP contribution >= 0.6 is 0 Å². The fourth-order valence-corrected chi connectivity index (χ4v) is 2.16. The molecule has 0 saturated carbocycles. The largest absolute Gasteiger partial charge is 0.476 e. The maximum Gasteiger partial charge on any atom is 0.358 e. The van der Waals surface area contributed by atoms with Gasteiger partial charge in [-0.2, -0.15) is 0 Å². The van der Waals surface area contributed by atoms with E-state index in [-0.39, 0.29) is 17.5 Å². The van der Waals surface area contributed by atoms with Crippen LogP contribution in [0.3, 0.4) is 0 Å². The summed E-state index contributed by atoms with van der Waals surface area (Å²) in [6.07, 6.45) is 2.60. The first-order valence-corrected chi connectivity index (χ1v) is 5.51. The Morgan fingerprint density at radius 2 is 2.12 bits per heavy atom. The lowest BCUT2D eigenvalue weighted by Gasteiger charge is -2.30. The van der Waals surface area contributed by atoms with E-state index in [9.17, 15) is 9.59 Å². The first-order valence-electron chi connectivity index (χ1n) is 5.51. The number of carbonyl (C=O) groups is 2. The van der Waals surface area contributed by atoms with Gasteiger partial charge in [-0.3, -0.25) is 4.79 Å². The Labute approximate surface area is 98.2 Å². The second-order valence-corrected chi connectivity index (χ2v) is 4.15. The van der Waals surface area contributed by atoms with Crippen LogP contribution in [0, 0.1) is 0 Å². The Bertz CT molecular complexity index is 432. The second kappa shape index (κ2) is 4.57. The molecule has 1 fully saturated rings. The van der Waals surface area contributed by atoms with Crippen molar-refractivity contribution in [2.45, 2.75) is 25.7 Å². The molecule has 1 N–H and O–H groups in total. The summed E-state index contributed by atoms with van der Waals surface area (Å²) in [6, 6.07) is 0. The van der Waals surface area contributed by atoms with Crippen LogP contribution in [0.15, 0.2) is 10.8 Å². The van der Waals surface area contributed by atoms with Gasteiger partial charge >= 0.3 is 5.97 Å². The molecule has 0 radical (unpaired) electrons. The summed E-state index contributed by atoms with van der Waals surface area (Å²) < 4.78 is 5.17. The van der Waals surface area contributed by atoms with Gasteiger partial charge in [0.05, 0.1) is 0 Å². The normalized spacial score (nSPS) is 17.1. The number of rotatable bonds is 2. The quantitative estimate of drug-likeness (QED) is 0.834. The van der Waals surface area contributed by atoms with Gasteiger partial charge in [-0.25, -0.2) is 9.78 Å². The molecule has 0 atom stereocenters. The number of hydrogen-bond donors (Lipinski definition) is 1. The molecule has 2 rings (SSSR count). The van der Waals surface area contributed by atoms with Crippen molar-refractivity contribution in [1.29, 1.82) is 0 Å². The van der Waals surface area contributed by atoms with E-state index in [1.807, 2.05) is 0 Å². The number of carboxylic acid groups (broad SMARTS) is 1. The molecule has 17 heavy (non-hydrogen) atoms. The number of carbonyl (C=O) groups excluding carboxylic acids is 1. The Balaban J connectivity index is 2.08. The lowest BCUT2D eigenvalue weighted by molar-refractivity contribution is -0.129. The Kier molecular flexibility index (Phi) is 3.12. The minimum Gasteiger partial charge on any atom is -0.476 e. The number of nitrogens with zero attached hydrogens (tertiary/aromatic N) is 2. The maximum absolute atomic E-state index is 11.2. The number of piperidine rings is 1. The van der Waals surface area contributed by atoms with Crippen molar-refractivity contribution in [2.24, 2.45) is 0 Å². The predicted molar refractivity (Wildman–Crippen MR) is 57.7 cm³/mol. The highest BCUT2D eigenvalue weighted by atomic mass is 16.4. The maximum atomic E-state index is 11.2. The topological polar surface area (TPSA) is 83.6 Å². The van der Waals surface area contributed by atoms with Crippen LogP contribution < -0.4 is 0 Å². The molecule has 1 aliphatic heterocycles. The van der Waals surface area contributed by atoms with Crippen molar-refractivity contribution in [3.8, 4) is 0 Å². The average Bonchev–Trinajstić information content (AvgIpc) is 2.78. The van der Waals surface area contributed by atoms with E-state index in [4.69, 9.17) is 9.52 Å². The highest BCUT2D eigenvalue weighted by Crippen LogP contribution is 2.30. The molecule has 1 aliphatic rings. The van der Waals surface area contributed by atoms with Crippen molar-refractivity contribution in [3.05, 3.63) is 17.8 Å². The van der Waals surface area contributed by atoms with Crippen LogP contribution in [0.2, 0.25) is 0 Å². The van der Waals surface area contributed by atoms with Crippen molar-refractivity contribution < 1.29 is 19.1 Å². The van der Waals surface area contributed by atoms with Crippen LogP contribution in [-0.4, -0.2) is 40.0 Å². The van der Waals surface area contributed by atoms with E-state index in [0.717, 1.165) is 19.2 Å². The molecule has 6 nitrogen and oxygen atoms in total. The van der Waals surface area contributed by atoms with Crippen molar-refractivity contribution in [3.63, 3.8) is 0 Å². The van der Waals surface area contributed by atoms with E-state index in [1.54, 1.807) is 4.90 Å². The fraction of sp³-hybridized carbons (Fsp3) is 0.545. The van der Waals surface area contributed by atoms with Gasteiger partial charge in [0.2, 0.25) is 5.91 Å². The number of hydrogen-bond acceptors (Lipinski definition) is 4. The van der Waals surface area contributed by atoms with Gasteiger partial charge in [0, 0.05) is 25.9 Å². The van der Waals surface area contributed by atoms with Crippen LogP contribution in [-0.2, 0) is 4.79 Å². The average molecular weight is 238 g/mol. The molecule has 0 unspecified atom stereocenters. The number of amides is 1. The smallest absolute Gasteiger partial charge is 0.358 e. The molecular formula is C11H14N2O4. The Morgan fingerprint density at radius 1 is 1.47 bits per heavy atom. The van der Waals surface area contributed by atoms with Crippen molar-refractivity contribution >= 4 is 11.9 Å². The molecule has 2 heterocycles. The van der Waals surface area contributed by atoms with Crippen molar-refractivity contribution in [1.82, 2.24) is 9.88 Å². The van der Waals surface area contributed by atoms with Gasteiger partial charge in [-0.05, 0) is 12.8 Å². The molecule has 0 bridgehead atoms.